The van der Waals surface area contributed by atoms with Crippen molar-refractivity contribution in [1.82, 2.24) is 14.8 Å². The zero-order valence-corrected chi connectivity index (χ0v) is 12.4. The molecule has 0 radical (unpaired) electrons. The average Bonchev–Trinajstić information content (AvgIpc) is 2.78. The Kier molecular flexibility index (Phi) is 4.61. The van der Waals surface area contributed by atoms with E-state index >= 15 is 0 Å². The van der Waals surface area contributed by atoms with Gasteiger partial charge in [-0.1, -0.05) is 24.6 Å². The Labute approximate surface area is 118 Å². The molecule has 1 heterocycles. The van der Waals surface area contributed by atoms with Crippen LogP contribution in [-0.2, 0) is 13.5 Å². The second-order valence-electron chi connectivity index (χ2n) is 4.75. The van der Waals surface area contributed by atoms with Gasteiger partial charge in [0.05, 0.1) is 0 Å². The zero-order valence-electron chi connectivity index (χ0n) is 11.6. The van der Waals surface area contributed by atoms with E-state index < -0.39 is 0 Å². The molecule has 0 bridgehead atoms. The van der Waals surface area contributed by atoms with Gasteiger partial charge in [0, 0.05) is 18.0 Å². The standard InChI is InChI=1S/C14H20N4S/c1-4-12(15)8-11-7-10(2)5-6-13(11)19-14-16-9-17-18(14)3/h5-7,9,12H,4,8,15H2,1-3H3. The van der Waals surface area contributed by atoms with Gasteiger partial charge in [0.15, 0.2) is 5.16 Å². The number of nitrogens with two attached hydrogens (primary N) is 1. The summed E-state index contributed by atoms with van der Waals surface area (Å²) in [6.45, 7) is 4.23. The Morgan fingerprint density at radius 1 is 1.42 bits per heavy atom. The minimum Gasteiger partial charge on any atom is -0.327 e. The van der Waals surface area contributed by atoms with E-state index in [1.807, 2.05) is 7.05 Å². The topological polar surface area (TPSA) is 56.7 Å². The van der Waals surface area contributed by atoms with Crippen molar-refractivity contribution in [2.24, 2.45) is 12.8 Å². The Bertz CT molecular complexity index is 550. The van der Waals surface area contributed by atoms with Crippen molar-refractivity contribution < 1.29 is 0 Å². The maximum absolute atomic E-state index is 6.08. The first-order valence-electron chi connectivity index (χ1n) is 6.47. The second kappa shape index (κ2) is 6.21. The summed E-state index contributed by atoms with van der Waals surface area (Å²) in [5, 5.41) is 5.00. The molecule has 2 rings (SSSR count). The third kappa shape index (κ3) is 3.58. The molecule has 0 fully saturated rings. The van der Waals surface area contributed by atoms with Crippen molar-refractivity contribution in [3.63, 3.8) is 0 Å². The highest BCUT2D eigenvalue weighted by molar-refractivity contribution is 7.99. The highest BCUT2D eigenvalue weighted by Crippen LogP contribution is 2.30. The highest BCUT2D eigenvalue weighted by Gasteiger charge is 2.11. The molecule has 0 spiro atoms. The van der Waals surface area contributed by atoms with E-state index in [0.717, 1.165) is 18.0 Å². The summed E-state index contributed by atoms with van der Waals surface area (Å²) >= 11 is 1.64. The third-order valence-electron chi connectivity index (χ3n) is 3.09. The van der Waals surface area contributed by atoms with Crippen LogP contribution in [0.2, 0.25) is 0 Å². The first-order chi connectivity index (χ1) is 9.10. The first kappa shape index (κ1) is 14.1. The molecule has 0 aliphatic rings. The van der Waals surface area contributed by atoms with E-state index in [9.17, 15) is 0 Å². The largest absolute Gasteiger partial charge is 0.327 e. The minimum atomic E-state index is 0.209. The summed E-state index contributed by atoms with van der Waals surface area (Å²) in [5.74, 6) is 0. The van der Waals surface area contributed by atoms with E-state index in [1.165, 1.54) is 16.0 Å². The predicted octanol–water partition coefficient (Wildman–Crippen LogP) is 2.55. The lowest BCUT2D eigenvalue weighted by atomic mass is 10.0. The fraction of sp³-hybridized carbons (Fsp3) is 0.429. The second-order valence-corrected chi connectivity index (χ2v) is 5.76. The summed E-state index contributed by atoms with van der Waals surface area (Å²) in [6, 6.07) is 6.70. The van der Waals surface area contributed by atoms with E-state index in [4.69, 9.17) is 5.73 Å². The molecule has 5 heteroatoms. The molecule has 102 valence electrons. The van der Waals surface area contributed by atoms with Gasteiger partial charge in [0.25, 0.3) is 0 Å². The number of benzene rings is 1. The SMILES string of the molecule is CCC(N)Cc1cc(C)ccc1Sc1ncnn1C. The summed E-state index contributed by atoms with van der Waals surface area (Å²) in [5.41, 5.74) is 8.64. The van der Waals surface area contributed by atoms with Crippen LogP contribution in [0.4, 0.5) is 0 Å². The van der Waals surface area contributed by atoms with Gasteiger partial charge < -0.3 is 5.73 Å². The van der Waals surface area contributed by atoms with Crippen LogP contribution in [0.1, 0.15) is 24.5 Å². The van der Waals surface area contributed by atoms with Crippen molar-refractivity contribution in [1.29, 1.82) is 0 Å². The first-order valence-corrected chi connectivity index (χ1v) is 7.28. The maximum Gasteiger partial charge on any atom is 0.190 e. The molecule has 4 nitrogen and oxygen atoms in total. The summed E-state index contributed by atoms with van der Waals surface area (Å²) in [7, 11) is 1.90. The quantitative estimate of drug-likeness (QED) is 0.912. The number of hydrogen-bond acceptors (Lipinski definition) is 4. The van der Waals surface area contributed by atoms with Crippen LogP contribution in [0.3, 0.4) is 0 Å². The van der Waals surface area contributed by atoms with E-state index in [0.29, 0.717) is 0 Å². The number of aryl methyl sites for hydroxylation is 2. The Hall–Kier alpha value is -1.33. The van der Waals surface area contributed by atoms with Gasteiger partial charge in [0.1, 0.15) is 6.33 Å². The Morgan fingerprint density at radius 2 is 2.21 bits per heavy atom. The Balaban J connectivity index is 2.26. The molecule has 1 unspecified atom stereocenters. The van der Waals surface area contributed by atoms with Crippen LogP contribution in [-0.4, -0.2) is 20.8 Å². The van der Waals surface area contributed by atoms with Gasteiger partial charge in [-0.3, -0.25) is 0 Å². The van der Waals surface area contributed by atoms with Crippen molar-refractivity contribution >= 4 is 11.8 Å². The molecule has 0 aliphatic heterocycles. The maximum atomic E-state index is 6.08. The fourth-order valence-electron chi connectivity index (χ4n) is 1.87. The molecule has 0 aliphatic carbocycles. The lowest BCUT2D eigenvalue weighted by Crippen LogP contribution is -2.21. The van der Waals surface area contributed by atoms with Crippen molar-refractivity contribution in [3.8, 4) is 0 Å². The van der Waals surface area contributed by atoms with Crippen LogP contribution in [0, 0.1) is 6.92 Å². The van der Waals surface area contributed by atoms with Crippen molar-refractivity contribution in [2.75, 3.05) is 0 Å². The van der Waals surface area contributed by atoms with E-state index in [-0.39, 0.29) is 6.04 Å². The van der Waals surface area contributed by atoms with Crippen LogP contribution in [0.25, 0.3) is 0 Å². The average molecular weight is 276 g/mol. The number of aromatic nitrogens is 3. The smallest absolute Gasteiger partial charge is 0.190 e. The minimum absolute atomic E-state index is 0.209. The summed E-state index contributed by atoms with van der Waals surface area (Å²) < 4.78 is 1.79. The molecule has 19 heavy (non-hydrogen) atoms. The summed E-state index contributed by atoms with van der Waals surface area (Å²) in [4.78, 5) is 5.47. The third-order valence-corrected chi connectivity index (χ3v) is 4.26. The van der Waals surface area contributed by atoms with Crippen molar-refractivity contribution in [3.05, 3.63) is 35.7 Å². The van der Waals surface area contributed by atoms with Crippen LogP contribution >= 0.6 is 11.8 Å². The van der Waals surface area contributed by atoms with Gasteiger partial charge in [-0.15, -0.1) is 0 Å². The van der Waals surface area contributed by atoms with E-state index in [1.54, 1.807) is 22.8 Å². The lowest BCUT2D eigenvalue weighted by Gasteiger charge is -2.13. The summed E-state index contributed by atoms with van der Waals surface area (Å²) in [6.07, 6.45) is 3.47. The molecule has 1 atom stereocenters. The molecule has 2 N–H and O–H groups in total. The Morgan fingerprint density at radius 3 is 2.84 bits per heavy atom. The number of nitrogens with zero attached hydrogens (tertiary/aromatic N) is 3. The van der Waals surface area contributed by atoms with Crippen LogP contribution in [0.5, 0.6) is 0 Å². The highest BCUT2D eigenvalue weighted by atomic mass is 32.2. The fourth-order valence-corrected chi connectivity index (χ4v) is 2.76. The molecule has 1 aromatic carbocycles. The van der Waals surface area contributed by atoms with Gasteiger partial charge in [0.2, 0.25) is 0 Å². The molecule has 0 saturated carbocycles. The van der Waals surface area contributed by atoms with Gasteiger partial charge in [-0.2, -0.15) is 5.10 Å². The lowest BCUT2D eigenvalue weighted by molar-refractivity contribution is 0.640. The molecular formula is C14H20N4S. The molecule has 0 saturated heterocycles. The van der Waals surface area contributed by atoms with Gasteiger partial charge >= 0.3 is 0 Å². The number of rotatable bonds is 5. The van der Waals surface area contributed by atoms with Crippen molar-refractivity contribution in [2.45, 2.75) is 42.8 Å². The van der Waals surface area contributed by atoms with Crippen LogP contribution < -0.4 is 5.73 Å². The van der Waals surface area contributed by atoms with Gasteiger partial charge in [-0.25, -0.2) is 9.67 Å². The van der Waals surface area contributed by atoms with Crippen LogP contribution in [0.15, 0.2) is 34.6 Å². The normalized spacial score (nSPS) is 12.6. The zero-order chi connectivity index (χ0) is 13.8. The molecule has 0 amide bonds. The van der Waals surface area contributed by atoms with E-state index in [2.05, 4.69) is 42.1 Å². The molecule has 2 aromatic rings. The number of hydrogen-bond donors (Lipinski definition) is 1. The van der Waals surface area contributed by atoms with Gasteiger partial charge in [-0.05, 0) is 43.2 Å². The molecule has 1 aromatic heterocycles. The monoisotopic (exact) mass is 276 g/mol. The molecular weight excluding hydrogens is 256 g/mol. The predicted molar refractivity (Wildman–Crippen MR) is 78.3 cm³/mol.